The molecule has 0 radical (unpaired) electrons. The molecule has 1 aromatic rings. The highest BCUT2D eigenvalue weighted by Gasteiger charge is 2.54. The SMILES string of the molecule is CC(N1Cc2c(ccnc2NC(=O)C2CCCCC2)C1=O)C1(C=N)CC(Cl)=C1OCC(F)(F)F. The number of alkyl halides is 3. The van der Waals surface area contributed by atoms with E-state index < -0.39 is 24.2 Å². The molecular weight excluding hydrogens is 473 g/mol. The zero-order chi connectivity index (χ0) is 24.7. The summed E-state index contributed by atoms with van der Waals surface area (Å²) in [7, 11) is 0. The lowest BCUT2D eigenvalue weighted by Crippen LogP contribution is -2.53. The molecule has 0 saturated heterocycles. The first kappa shape index (κ1) is 24.5. The van der Waals surface area contributed by atoms with Crippen molar-refractivity contribution in [1.29, 1.82) is 5.41 Å². The number of anilines is 1. The van der Waals surface area contributed by atoms with Crippen LogP contribution >= 0.6 is 11.6 Å². The third kappa shape index (κ3) is 4.39. The van der Waals surface area contributed by atoms with E-state index in [1.165, 1.54) is 11.1 Å². The van der Waals surface area contributed by atoms with Crippen molar-refractivity contribution in [3.8, 4) is 0 Å². The van der Waals surface area contributed by atoms with E-state index in [-0.39, 0.29) is 41.5 Å². The molecule has 0 bridgehead atoms. The fourth-order valence-electron chi connectivity index (χ4n) is 5.04. The molecule has 2 atom stereocenters. The van der Waals surface area contributed by atoms with Crippen molar-refractivity contribution in [2.24, 2.45) is 11.3 Å². The zero-order valence-electron chi connectivity index (χ0n) is 18.7. The number of carbonyl (C=O) groups is 2. The lowest BCUT2D eigenvalue weighted by Gasteiger charge is -2.47. The second-order valence-electron chi connectivity index (χ2n) is 9.12. The maximum absolute atomic E-state index is 13.2. The topological polar surface area (TPSA) is 95.4 Å². The number of fused-ring (bicyclic) bond motifs is 1. The molecule has 2 N–H and O–H groups in total. The predicted molar refractivity (Wildman–Crippen MR) is 119 cm³/mol. The summed E-state index contributed by atoms with van der Waals surface area (Å²) in [4.78, 5) is 31.7. The number of nitrogens with one attached hydrogen (secondary N) is 2. The highest BCUT2D eigenvalue weighted by atomic mass is 35.5. The minimum absolute atomic E-state index is 0.0877. The largest absolute Gasteiger partial charge is 0.486 e. The molecule has 1 fully saturated rings. The van der Waals surface area contributed by atoms with E-state index in [2.05, 4.69) is 10.3 Å². The van der Waals surface area contributed by atoms with Gasteiger partial charge in [0.15, 0.2) is 6.61 Å². The van der Waals surface area contributed by atoms with E-state index in [0.717, 1.165) is 38.3 Å². The molecule has 2 unspecified atom stereocenters. The molecule has 11 heteroatoms. The van der Waals surface area contributed by atoms with E-state index in [1.54, 1.807) is 13.0 Å². The Hall–Kier alpha value is -2.62. The smallest absolute Gasteiger partial charge is 0.422 e. The molecule has 1 saturated carbocycles. The van der Waals surface area contributed by atoms with Crippen molar-refractivity contribution in [3.63, 3.8) is 0 Å². The third-order valence-corrected chi connectivity index (χ3v) is 7.37. The van der Waals surface area contributed by atoms with Crippen LogP contribution < -0.4 is 5.32 Å². The van der Waals surface area contributed by atoms with Crippen molar-refractivity contribution < 1.29 is 27.5 Å². The van der Waals surface area contributed by atoms with Crippen LogP contribution in [0.1, 0.15) is 61.4 Å². The maximum Gasteiger partial charge on any atom is 0.422 e. The first-order valence-electron chi connectivity index (χ1n) is 11.3. The van der Waals surface area contributed by atoms with Gasteiger partial charge in [0.05, 0.1) is 17.0 Å². The summed E-state index contributed by atoms with van der Waals surface area (Å²) in [5.41, 5.74) is -0.345. The second kappa shape index (κ2) is 9.20. The standard InChI is InChI=1S/C23H26ClF3N4O3/c1-13(22(11-28)9-17(24)18(22)34-12-23(25,26)27)31-10-16-15(21(31)33)7-8-29-19(16)30-20(32)14-5-3-2-4-6-14/h7-8,11,13-14,28H,2-6,9-10,12H2,1H3,(H,29,30,32). The van der Waals surface area contributed by atoms with Gasteiger partial charge in [0.2, 0.25) is 5.91 Å². The number of aromatic nitrogens is 1. The molecule has 184 valence electrons. The molecule has 7 nitrogen and oxygen atoms in total. The molecule has 2 heterocycles. The second-order valence-corrected chi connectivity index (χ2v) is 9.57. The van der Waals surface area contributed by atoms with Gasteiger partial charge in [-0.25, -0.2) is 4.98 Å². The van der Waals surface area contributed by atoms with Crippen LogP contribution in [-0.4, -0.2) is 46.7 Å². The molecule has 4 rings (SSSR count). The summed E-state index contributed by atoms with van der Waals surface area (Å²) in [6.45, 7) is 0.225. The minimum Gasteiger partial charge on any atom is -0.486 e. The van der Waals surface area contributed by atoms with E-state index in [9.17, 15) is 22.8 Å². The summed E-state index contributed by atoms with van der Waals surface area (Å²) < 4.78 is 43.2. The van der Waals surface area contributed by atoms with Crippen LogP contribution in [0.15, 0.2) is 23.1 Å². The van der Waals surface area contributed by atoms with Crippen molar-refractivity contribution in [3.05, 3.63) is 34.2 Å². The summed E-state index contributed by atoms with van der Waals surface area (Å²) in [5.74, 6) is -0.377. The van der Waals surface area contributed by atoms with Gasteiger partial charge in [-0.15, -0.1) is 0 Å². The molecule has 34 heavy (non-hydrogen) atoms. The summed E-state index contributed by atoms with van der Waals surface area (Å²) >= 11 is 6.06. The Balaban J connectivity index is 1.54. The Kier molecular flexibility index (Phi) is 6.63. The summed E-state index contributed by atoms with van der Waals surface area (Å²) in [5, 5.41) is 10.9. The molecule has 1 aromatic heterocycles. The number of allylic oxidation sites excluding steroid dienone is 1. The van der Waals surface area contributed by atoms with Crippen molar-refractivity contribution in [2.75, 3.05) is 11.9 Å². The van der Waals surface area contributed by atoms with Crippen LogP contribution in [0.3, 0.4) is 0 Å². The van der Waals surface area contributed by atoms with Crippen molar-refractivity contribution in [2.45, 2.75) is 64.2 Å². The van der Waals surface area contributed by atoms with E-state index >= 15 is 0 Å². The molecule has 0 aromatic carbocycles. The maximum atomic E-state index is 13.2. The first-order chi connectivity index (χ1) is 16.1. The Morgan fingerprint density at radius 3 is 2.74 bits per heavy atom. The highest BCUT2D eigenvalue weighted by Crippen LogP contribution is 2.52. The lowest BCUT2D eigenvalue weighted by atomic mass is 9.69. The van der Waals surface area contributed by atoms with Crippen LogP contribution in [0.2, 0.25) is 0 Å². The van der Waals surface area contributed by atoms with Crippen LogP contribution in [0.5, 0.6) is 0 Å². The van der Waals surface area contributed by atoms with Crippen molar-refractivity contribution in [1.82, 2.24) is 9.88 Å². The van der Waals surface area contributed by atoms with Gasteiger partial charge in [0, 0.05) is 41.9 Å². The quantitative estimate of drug-likeness (QED) is 0.516. The van der Waals surface area contributed by atoms with Crippen LogP contribution in [0.4, 0.5) is 19.0 Å². The Bertz CT molecular complexity index is 1040. The minimum atomic E-state index is -4.56. The Labute approximate surface area is 200 Å². The fourth-order valence-corrected chi connectivity index (χ4v) is 5.49. The average Bonchev–Trinajstić information content (AvgIpc) is 3.14. The molecule has 1 aliphatic heterocycles. The monoisotopic (exact) mass is 498 g/mol. The Morgan fingerprint density at radius 1 is 1.41 bits per heavy atom. The van der Waals surface area contributed by atoms with Gasteiger partial charge in [-0.3, -0.25) is 9.59 Å². The lowest BCUT2D eigenvalue weighted by molar-refractivity contribution is -0.170. The summed E-state index contributed by atoms with van der Waals surface area (Å²) in [6, 6.07) is 0.847. The summed E-state index contributed by atoms with van der Waals surface area (Å²) in [6.07, 6.45) is 2.74. The average molecular weight is 499 g/mol. The van der Waals surface area contributed by atoms with Gasteiger partial charge in [-0.2, -0.15) is 13.2 Å². The fraction of sp³-hybridized carbons (Fsp3) is 0.565. The molecule has 0 spiro atoms. The normalized spacial score (nSPS) is 23.9. The van der Waals surface area contributed by atoms with E-state index in [4.69, 9.17) is 21.7 Å². The number of hydrogen-bond acceptors (Lipinski definition) is 5. The molecule has 2 amide bonds. The van der Waals surface area contributed by atoms with E-state index in [1.807, 2.05) is 0 Å². The number of ether oxygens (including phenoxy) is 1. The van der Waals surface area contributed by atoms with Gasteiger partial charge in [0.1, 0.15) is 11.6 Å². The van der Waals surface area contributed by atoms with E-state index in [0.29, 0.717) is 16.9 Å². The van der Waals surface area contributed by atoms with Crippen molar-refractivity contribution >= 4 is 35.4 Å². The number of amides is 2. The van der Waals surface area contributed by atoms with Crippen LogP contribution in [0.25, 0.3) is 0 Å². The van der Waals surface area contributed by atoms with Gasteiger partial charge in [0.25, 0.3) is 5.91 Å². The number of carbonyl (C=O) groups excluding carboxylic acids is 2. The number of rotatable bonds is 7. The number of halogens is 4. The third-order valence-electron chi connectivity index (χ3n) is 7.06. The first-order valence-corrected chi connectivity index (χ1v) is 11.6. The molecule has 2 aliphatic carbocycles. The number of pyridine rings is 1. The predicted octanol–water partition coefficient (Wildman–Crippen LogP) is 5.01. The molecule has 3 aliphatic rings. The zero-order valence-corrected chi connectivity index (χ0v) is 19.4. The molecular formula is C23H26ClF3N4O3. The van der Waals surface area contributed by atoms with Crippen LogP contribution in [-0.2, 0) is 16.1 Å². The number of nitrogens with zero attached hydrogens (tertiary/aromatic N) is 2. The van der Waals surface area contributed by atoms with Crippen LogP contribution in [0, 0.1) is 16.7 Å². The van der Waals surface area contributed by atoms with Gasteiger partial charge >= 0.3 is 6.18 Å². The highest BCUT2D eigenvalue weighted by molar-refractivity contribution is 6.31. The van der Waals surface area contributed by atoms with Gasteiger partial charge in [-0.1, -0.05) is 30.9 Å². The van der Waals surface area contributed by atoms with Gasteiger partial charge < -0.3 is 20.4 Å². The Morgan fingerprint density at radius 2 is 2.12 bits per heavy atom. The number of hydrogen-bond donors (Lipinski definition) is 2. The van der Waals surface area contributed by atoms with Gasteiger partial charge in [-0.05, 0) is 25.8 Å².